The zero-order valence-electron chi connectivity index (χ0n) is 9.67. The number of aliphatic hydroxyl groups excluding tert-OH is 2. The molecule has 1 aliphatic heterocycles. The van der Waals surface area contributed by atoms with Crippen molar-refractivity contribution in [3.05, 3.63) is 0 Å². The summed E-state index contributed by atoms with van der Waals surface area (Å²) in [6, 6.07) is 0. The largest absolute Gasteiger partial charge is 0.464 e. The van der Waals surface area contributed by atoms with Crippen LogP contribution in [-0.4, -0.2) is 53.5 Å². The molecule has 0 spiro atoms. The molecule has 0 unspecified atom stereocenters. The number of rotatable bonds is 4. The van der Waals surface area contributed by atoms with E-state index < -0.39 is 30.1 Å². The third-order valence-corrected chi connectivity index (χ3v) is 2.26. The van der Waals surface area contributed by atoms with Crippen LogP contribution < -0.4 is 0 Å². The van der Waals surface area contributed by atoms with E-state index in [9.17, 15) is 15.0 Å². The van der Waals surface area contributed by atoms with Crippen molar-refractivity contribution >= 4 is 5.97 Å². The topological polar surface area (TPSA) is 85.2 Å². The first kappa shape index (κ1) is 13.4. The number of carbonyl (C=O) groups is 1. The quantitative estimate of drug-likeness (QED) is 0.633. The van der Waals surface area contributed by atoms with E-state index in [1.165, 1.54) is 0 Å². The molecule has 0 saturated carbocycles. The molecule has 1 rings (SSSR count). The van der Waals surface area contributed by atoms with E-state index in [-0.39, 0.29) is 13.2 Å². The van der Waals surface area contributed by atoms with E-state index in [0.29, 0.717) is 0 Å². The van der Waals surface area contributed by atoms with Crippen molar-refractivity contribution in [2.45, 2.75) is 44.9 Å². The van der Waals surface area contributed by atoms with Crippen LogP contribution in [0.15, 0.2) is 0 Å². The maximum Gasteiger partial charge on any atom is 0.337 e. The van der Waals surface area contributed by atoms with Gasteiger partial charge in [0.25, 0.3) is 0 Å². The molecular formula is C10H18O6. The number of carbonyl (C=O) groups excluding carboxylic acids is 1. The lowest BCUT2D eigenvalue weighted by Crippen LogP contribution is -2.44. The summed E-state index contributed by atoms with van der Waals surface area (Å²) in [6.07, 6.45) is -3.68. The Bertz CT molecular complexity index is 252. The Balaban J connectivity index is 2.51. The predicted molar refractivity (Wildman–Crippen MR) is 53.6 cm³/mol. The van der Waals surface area contributed by atoms with Crippen LogP contribution in [0.1, 0.15) is 20.8 Å². The first-order chi connectivity index (χ1) is 7.37. The van der Waals surface area contributed by atoms with E-state index in [0.717, 1.165) is 0 Å². The minimum Gasteiger partial charge on any atom is -0.464 e. The molecule has 0 aromatic heterocycles. The number of esters is 1. The lowest BCUT2D eigenvalue weighted by Gasteiger charge is -2.22. The zero-order valence-corrected chi connectivity index (χ0v) is 9.67. The Morgan fingerprint density at radius 2 is 2.19 bits per heavy atom. The summed E-state index contributed by atoms with van der Waals surface area (Å²) in [6.45, 7) is 5.28. The second kappa shape index (κ2) is 5.09. The molecule has 0 aromatic rings. The van der Waals surface area contributed by atoms with E-state index >= 15 is 0 Å². The molecule has 0 bridgehead atoms. The van der Waals surface area contributed by atoms with Crippen LogP contribution in [0.25, 0.3) is 0 Å². The standard InChI is InChI=1S/C10H18O6/c1-4-14-9(13)8(12)7(11)6-5-15-10(2,3)16-6/h6-8,11-12H,4-5H2,1-3H3/t6-,7-,8+/m1/s1. The molecule has 0 aromatic carbocycles. The fourth-order valence-electron chi connectivity index (χ4n) is 1.45. The molecule has 6 heteroatoms. The van der Waals surface area contributed by atoms with Gasteiger partial charge in [0.05, 0.1) is 13.2 Å². The summed E-state index contributed by atoms with van der Waals surface area (Å²) in [5.74, 6) is -1.66. The summed E-state index contributed by atoms with van der Waals surface area (Å²) in [4.78, 5) is 11.2. The van der Waals surface area contributed by atoms with E-state index in [1.54, 1.807) is 20.8 Å². The minimum absolute atomic E-state index is 0.130. The van der Waals surface area contributed by atoms with Gasteiger partial charge in [-0.1, -0.05) is 0 Å². The average Bonchev–Trinajstić information content (AvgIpc) is 2.57. The fourth-order valence-corrected chi connectivity index (χ4v) is 1.45. The van der Waals surface area contributed by atoms with Gasteiger partial charge in [0.15, 0.2) is 11.9 Å². The van der Waals surface area contributed by atoms with E-state index in [2.05, 4.69) is 4.74 Å². The van der Waals surface area contributed by atoms with Crippen molar-refractivity contribution < 1.29 is 29.2 Å². The third-order valence-electron chi connectivity index (χ3n) is 2.26. The molecule has 2 N–H and O–H groups in total. The van der Waals surface area contributed by atoms with Crippen LogP contribution in [0.3, 0.4) is 0 Å². The first-order valence-electron chi connectivity index (χ1n) is 5.22. The minimum atomic E-state index is -1.61. The van der Waals surface area contributed by atoms with Gasteiger partial charge in [0.2, 0.25) is 0 Å². The molecular weight excluding hydrogens is 216 g/mol. The highest BCUT2D eigenvalue weighted by Crippen LogP contribution is 2.25. The highest BCUT2D eigenvalue weighted by molar-refractivity contribution is 5.75. The molecule has 3 atom stereocenters. The summed E-state index contributed by atoms with van der Waals surface area (Å²) in [7, 11) is 0. The smallest absolute Gasteiger partial charge is 0.337 e. The van der Waals surface area contributed by atoms with Crippen molar-refractivity contribution in [3.63, 3.8) is 0 Å². The molecule has 0 amide bonds. The van der Waals surface area contributed by atoms with Crippen LogP contribution in [-0.2, 0) is 19.0 Å². The number of ether oxygens (including phenoxy) is 3. The second-order valence-electron chi connectivity index (χ2n) is 4.05. The molecule has 94 valence electrons. The average molecular weight is 234 g/mol. The van der Waals surface area contributed by atoms with Gasteiger partial charge < -0.3 is 24.4 Å². The maximum absolute atomic E-state index is 11.2. The van der Waals surface area contributed by atoms with Gasteiger partial charge in [-0.2, -0.15) is 0 Å². The highest BCUT2D eigenvalue weighted by Gasteiger charge is 2.41. The molecule has 0 aliphatic carbocycles. The number of aliphatic hydroxyl groups is 2. The number of hydrogen-bond donors (Lipinski definition) is 2. The van der Waals surface area contributed by atoms with Gasteiger partial charge in [0.1, 0.15) is 12.2 Å². The first-order valence-corrected chi connectivity index (χ1v) is 5.22. The van der Waals surface area contributed by atoms with Crippen molar-refractivity contribution in [2.75, 3.05) is 13.2 Å². The van der Waals surface area contributed by atoms with Crippen LogP contribution in [0.2, 0.25) is 0 Å². The van der Waals surface area contributed by atoms with Gasteiger partial charge in [-0.15, -0.1) is 0 Å². The lowest BCUT2D eigenvalue weighted by atomic mass is 10.1. The van der Waals surface area contributed by atoms with Crippen LogP contribution in [0.4, 0.5) is 0 Å². The van der Waals surface area contributed by atoms with Gasteiger partial charge in [-0.3, -0.25) is 0 Å². The molecule has 1 saturated heterocycles. The van der Waals surface area contributed by atoms with Crippen LogP contribution in [0.5, 0.6) is 0 Å². The summed E-state index contributed by atoms with van der Waals surface area (Å²) < 4.78 is 15.1. The van der Waals surface area contributed by atoms with Crippen molar-refractivity contribution in [1.29, 1.82) is 0 Å². The monoisotopic (exact) mass is 234 g/mol. The van der Waals surface area contributed by atoms with Crippen molar-refractivity contribution in [2.24, 2.45) is 0 Å². The summed E-state index contributed by atoms with van der Waals surface area (Å²) >= 11 is 0. The van der Waals surface area contributed by atoms with Crippen LogP contribution in [0, 0.1) is 0 Å². The molecule has 16 heavy (non-hydrogen) atoms. The predicted octanol–water partition coefficient (Wildman–Crippen LogP) is -0.577. The zero-order chi connectivity index (χ0) is 12.3. The fraction of sp³-hybridized carbons (Fsp3) is 0.900. The Hall–Kier alpha value is -0.690. The van der Waals surface area contributed by atoms with Crippen LogP contribution >= 0.6 is 0 Å². The molecule has 1 fully saturated rings. The number of hydrogen-bond acceptors (Lipinski definition) is 6. The van der Waals surface area contributed by atoms with Gasteiger partial charge in [0, 0.05) is 0 Å². The van der Waals surface area contributed by atoms with Gasteiger partial charge >= 0.3 is 5.97 Å². The molecule has 1 aliphatic rings. The Labute approximate surface area is 94.1 Å². The third kappa shape index (κ3) is 3.15. The van der Waals surface area contributed by atoms with E-state index in [4.69, 9.17) is 9.47 Å². The Kier molecular flexibility index (Phi) is 4.26. The molecule has 1 heterocycles. The second-order valence-corrected chi connectivity index (χ2v) is 4.05. The highest BCUT2D eigenvalue weighted by atomic mass is 16.7. The van der Waals surface area contributed by atoms with Gasteiger partial charge in [-0.25, -0.2) is 4.79 Å². The maximum atomic E-state index is 11.2. The van der Waals surface area contributed by atoms with Crippen molar-refractivity contribution in [1.82, 2.24) is 0 Å². The molecule has 0 radical (unpaired) electrons. The van der Waals surface area contributed by atoms with E-state index in [1.807, 2.05) is 0 Å². The SMILES string of the molecule is CCOC(=O)[C@@H](O)[C@H](O)[C@H]1COC(C)(C)O1. The lowest BCUT2D eigenvalue weighted by molar-refractivity contribution is -0.176. The normalized spacial score (nSPS) is 27.4. The summed E-state index contributed by atoms with van der Waals surface area (Å²) in [5.41, 5.74) is 0. The summed E-state index contributed by atoms with van der Waals surface area (Å²) in [5, 5.41) is 19.2. The molecule has 6 nitrogen and oxygen atoms in total. The Morgan fingerprint density at radius 3 is 2.62 bits per heavy atom. The van der Waals surface area contributed by atoms with Crippen molar-refractivity contribution in [3.8, 4) is 0 Å². The van der Waals surface area contributed by atoms with Gasteiger partial charge in [-0.05, 0) is 20.8 Å². The Morgan fingerprint density at radius 1 is 1.56 bits per heavy atom.